The van der Waals surface area contributed by atoms with Crippen LogP contribution in [0.25, 0.3) is 0 Å². The van der Waals surface area contributed by atoms with Gasteiger partial charge in [-0.3, -0.25) is 0 Å². The summed E-state index contributed by atoms with van der Waals surface area (Å²) in [7, 11) is 1.65. The molecule has 1 aliphatic rings. The Morgan fingerprint density at radius 1 is 1.57 bits per heavy atom. The molecular formula is C11H16N2O. The highest BCUT2D eigenvalue weighted by molar-refractivity contribution is 5.51. The van der Waals surface area contributed by atoms with Crippen LogP contribution in [-0.2, 0) is 0 Å². The number of hydrogen-bond acceptors (Lipinski definition) is 3. The van der Waals surface area contributed by atoms with Crippen molar-refractivity contribution < 1.29 is 4.74 Å². The van der Waals surface area contributed by atoms with Crippen molar-refractivity contribution in [3.63, 3.8) is 0 Å². The Balaban J connectivity index is 1.93. The third-order valence-electron chi connectivity index (χ3n) is 2.77. The van der Waals surface area contributed by atoms with Gasteiger partial charge in [-0.15, -0.1) is 0 Å². The maximum absolute atomic E-state index is 5.16. The Morgan fingerprint density at radius 3 is 3.07 bits per heavy atom. The van der Waals surface area contributed by atoms with Gasteiger partial charge in [0.15, 0.2) is 0 Å². The van der Waals surface area contributed by atoms with Crippen LogP contribution in [0.1, 0.15) is 19.3 Å². The molecule has 3 heteroatoms. The number of hydrogen-bond donors (Lipinski definition) is 1. The van der Waals surface area contributed by atoms with E-state index in [1.54, 1.807) is 13.3 Å². The lowest BCUT2D eigenvalue weighted by atomic mass is 9.85. The molecule has 1 N–H and O–H groups in total. The minimum Gasteiger partial charge on any atom is -0.480 e. The number of nitrogens with zero attached hydrogens (tertiary/aromatic N) is 1. The molecule has 2 rings (SSSR count). The predicted molar refractivity (Wildman–Crippen MR) is 56.6 cm³/mol. The van der Waals surface area contributed by atoms with Gasteiger partial charge in [0.1, 0.15) is 0 Å². The van der Waals surface area contributed by atoms with Crippen molar-refractivity contribution in [2.45, 2.75) is 19.3 Å². The van der Waals surface area contributed by atoms with E-state index in [1.165, 1.54) is 19.3 Å². The fourth-order valence-electron chi connectivity index (χ4n) is 1.64. The number of methoxy groups -OCH3 is 1. The van der Waals surface area contributed by atoms with Gasteiger partial charge in [-0.05, 0) is 30.9 Å². The van der Waals surface area contributed by atoms with Gasteiger partial charge in [0, 0.05) is 12.7 Å². The van der Waals surface area contributed by atoms with E-state index in [9.17, 15) is 0 Å². The molecule has 3 nitrogen and oxygen atoms in total. The van der Waals surface area contributed by atoms with Crippen LogP contribution >= 0.6 is 0 Å². The molecule has 0 radical (unpaired) electrons. The van der Waals surface area contributed by atoms with Crippen molar-refractivity contribution in [3.8, 4) is 5.88 Å². The first-order valence-electron chi connectivity index (χ1n) is 5.13. The second-order valence-corrected chi connectivity index (χ2v) is 3.74. The lowest BCUT2D eigenvalue weighted by Gasteiger charge is -2.26. The topological polar surface area (TPSA) is 34.1 Å². The van der Waals surface area contributed by atoms with Gasteiger partial charge in [-0.1, -0.05) is 6.42 Å². The molecule has 0 aromatic carbocycles. The molecule has 1 aromatic heterocycles. The van der Waals surface area contributed by atoms with Gasteiger partial charge >= 0.3 is 0 Å². The van der Waals surface area contributed by atoms with Crippen LogP contribution in [0.4, 0.5) is 5.69 Å². The fourth-order valence-corrected chi connectivity index (χ4v) is 1.64. The number of pyridine rings is 1. The SMILES string of the molecule is COc1ncccc1NCC1CCC1. The summed E-state index contributed by atoms with van der Waals surface area (Å²) in [6, 6.07) is 3.93. The van der Waals surface area contributed by atoms with Gasteiger partial charge in [0.25, 0.3) is 0 Å². The molecule has 0 spiro atoms. The third kappa shape index (κ3) is 1.97. The molecule has 0 bridgehead atoms. The van der Waals surface area contributed by atoms with E-state index in [0.29, 0.717) is 5.88 Å². The minimum absolute atomic E-state index is 0.687. The zero-order valence-electron chi connectivity index (χ0n) is 8.49. The van der Waals surface area contributed by atoms with Crippen LogP contribution in [-0.4, -0.2) is 18.6 Å². The molecule has 76 valence electrons. The maximum Gasteiger partial charge on any atom is 0.237 e. The summed E-state index contributed by atoms with van der Waals surface area (Å²) in [5, 5.41) is 3.38. The molecular weight excluding hydrogens is 176 g/mol. The zero-order valence-corrected chi connectivity index (χ0v) is 8.49. The van der Waals surface area contributed by atoms with Crippen molar-refractivity contribution in [1.29, 1.82) is 0 Å². The summed E-state index contributed by atoms with van der Waals surface area (Å²) in [5.74, 6) is 1.53. The van der Waals surface area contributed by atoms with Crippen LogP contribution in [0, 0.1) is 5.92 Å². The summed E-state index contributed by atoms with van der Waals surface area (Å²) in [6.45, 7) is 1.04. The maximum atomic E-state index is 5.16. The Kier molecular flexibility index (Phi) is 2.87. The van der Waals surface area contributed by atoms with Gasteiger partial charge in [0.2, 0.25) is 5.88 Å². The summed E-state index contributed by atoms with van der Waals surface area (Å²) in [5.41, 5.74) is 1.00. The molecule has 1 fully saturated rings. The molecule has 0 atom stereocenters. The minimum atomic E-state index is 0.687. The number of nitrogens with one attached hydrogen (secondary N) is 1. The first kappa shape index (κ1) is 9.31. The van der Waals surface area contributed by atoms with E-state index in [2.05, 4.69) is 10.3 Å². The van der Waals surface area contributed by atoms with Crippen LogP contribution < -0.4 is 10.1 Å². The molecule has 1 aliphatic carbocycles. The number of ether oxygens (including phenoxy) is 1. The smallest absolute Gasteiger partial charge is 0.237 e. The van der Waals surface area contributed by atoms with E-state index < -0.39 is 0 Å². The van der Waals surface area contributed by atoms with Gasteiger partial charge in [-0.2, -0.15) is 0 Å². The summed E-state index contributed by atoms with van der Waals surface area (Å²) in [4.78, 5) is 4.13. The van der Waals surface area contributed by atoms with Gasteiger partial charge in [-0.25, -0.2) is 4.98 Å². The highest BCUT2D eigenvalue weighted by Crippen LogP contribution is 2.28. The van der Waals surface area contributed by atoms with Gasteiger partial charge < -0.3 is 10.1 Å². The van der Waals surface area contributed by atoms with Gasteiger partial charge in [0.05, 0.1) is 12.8 Å². The lowest BCUT2D eigenvalue weighted by Crippen LogP contribution is -2.21. The quantitative estimate of drug-likeness (QED) is 0.794. The zero-order chi connectivity index (χ0) is 9.80. The Morgan fingerprint density at radius 2 is 2.43 bits per heavy atom. The summed E-state index contributed by atoms with van der Waals surface area (Å²) in [6.07, 6.45) is 5.84. The van der Waals surface area contributed by atoms with Crippen LogP contribution in [0.5, 0.6) is 5.88 Å². The number of anilines is 1. The van der Waals surface area contributed by atoms with Crippen molar-refractivity contribution >= 4 is 5.69 Å². The van der Waals surface area contributed by atoms with Crippen molar-refractivity contribution in [1.82, 2.24) is 4.98 Å². The van der Waals surface area contributed by atoms with Crippen LogP contribution in [0.2, 0.25) is 0 Å². The highest BCUT2D eigenvalue weighted by atomic mass is 16.5. The van der Waals surface area contributed by atoms with Crippen molar-refractivity contribution in [2.75, 3.05) is 19.0 Å². The number of rotatable bonds is 4. The van der Waals surface area contributed by atoms with E-state index in [-0.39, 0.29) is 0 Å². The summed E-state index contributed by atoms with van der Waals surface area (Å²) >= 11 is 0. The van der Waals surface area contributed by atoms with Crippen molar-refractivity contribution in [2.24, 2.45) is 5.92 Å². The third-order valence-corrected chi connectivity index (χ3v) is 2.77. The van der Waals surface area contributed by atoms with Crippen LogP contribution in [0.3, 0.4) is 0 Å². The van der Waals surface area contributed by atoms with Crippen molar-refractivity contribution in [3.05, 3.63) is 18.3 Å². The average Bonchev–Trinajstić information content (AvgIpc) is 2.16. The molecule has 1 saturated carbocycles. The monoisotopic (exact) mass is 192 g/mol. The molecule has 1 heterocycles. The largest absolute Gasteiger partial charge is 0.480 e. The standard InChI is InChI=1S/C11H16N2O/c1-14-11-10(6-3-7-12-11)13-8-9-4-2-5-9/h3,6-7,9,13H,2,4-5,8H2,1H3. The molecule has 1 aromatic rings. The Labute approximate surface area is 84.5 Å². The fraction of sp³-hybridized carbons (Fsp3) is 0.545. The second-order valence-electron chi connectivity index (χ2n) is 3.74. The Bertz CT molecular complexity index is 297. The predicted octanol–water partition coefficient (Wildman–Crippen LogP) is 2.30. The molecule has 14 heavy (non-hydrogen) atoms. The second kappa shape index (κ2) is 4.31. The lowest BCUT2D eigenvalue weighted by molar-refractivity contribution is 0.332. The molecule has 0 amide bonds. The van der Waals surface area contributed by atoms with E-state index in [1.807, 2.05) is 12.1 Å². The normalized spacial score (nSPS) is 16.1. The highest BCUT2D eigenvalue weighted by Gasteiger charge is 2.17. The molecule has 0 aliphatic heterocycles. The van der Waals surface area contributed by atoms with E-state index in [0.717, 1.165) is 18.2 Å². The molecule has 0 saturated heterocycles. The van der Waals surface area contributed by atoms with E-state index >= 15 is 0 Å². The van der Waals surface area contributed by atoms with Crippen LogP contribution in [0.15, 0.2) is 18.3 Å². The first-order valence-corrected chi connectivity index (χ1v) is 5.13. The molecule has 0 unspecified atom stereocenters. The summed E-state index contributed by atoms with van der Waals surface area (Å²) < 4.78 is 5.16. The average molecular weight is 192 g/mol. The number of aromatic nitrogens is 1. The Hall–Kier alpha value is -1.25. The van der Waals surface area contributed by atoms with E-state index in [4.69, 9.17) is 4.74 Å². The first-order chi connectivity index (χ1) is 6.90.